The highest BCUT2D eigenvalue weighted by Crippen LogP contribution is 2.27. The first kappa shape index (κ1) is 22.8. The molecule has 1 unspecified atom stereocenters. The molecule has 1 fully saturated rings. The maximum Gasteiger partial charge on any atom is 0.407 e. The molecular formula is C20H29Cl2N3O3. The molecule has 0 radical (unpaired) electrons. The monoisotopic (exact) mass is 429 g/mol. The fourth-order valence-corrected chi connectivity index (χ4v) is 3.65. The molecule has 1 aromatic rings. The molecule has 2 amide bonds. The average Bonchev–Trinajstić information content (AvgIpc) is 2.60. The highest BCUT2D eigenvalue weighted by molar-refractivity contribution is 6.35. The van der Waals surface area contributed by atoms with E-state index in [-0.39, 0.29) is 11.8 Å². The number of likely N-dealkylation sites (tertiary alicyclic amines) is 1. The fraction of sp³-hybridized carbons (Fsp3) is 0.600. The van der Waals surface area contributed by atoms with Gasteiger partial charge in [0.05, 0.1) is 5.92 Å². The molecule has 1 aliphatic heterocycles. The molecule has 1 aliphatic rings. The first-order valence-electron chi connectivity index (χ1n) is 9.55. The van der Waals surface area contributed by atoms with Gasteiger partial charge in [0, 0.05) is 41.8 Å². The van der Waals surface area contributed by atoms with Crippen molar-refractivity contribution >= 4 is 35.2 Å². The van der Waals surface area contributed by atoms with Crippen molar-refractivity contribution in [2.45, 2.75) is 45.8 Å². The van der Waals surface area contributed by atoms with E-state index in [9.17, 15) is 9.59 Å². The molecule has 28 heavy (non-hydrogen) atoms. The van der Waals surface area contributed by atoms with Crippen molar-refractivity contribution < 1.29 is 14.3 Å². The molecule has 0 aromatic heterocycles. The predicted molar refractivity (Wildman–Crippen MR) is 112 cm³/mol. The first-order valence-corrected chi connectivity index (χ1v) is 10.3. The molecular weight excluding hydrogens is 401 g/mol. The molecule has 2 rings (SSSR count). The molecule has 1 atom stereocenters. The van der Waals surface area contributed by atoms with Gasteiger partial charge in [0.1, 0.15) is 5.60 Å². The van der Waals surface area contributed by atoms with Crippen LogP contribution in [0.5, 0.6) is 0 Å². The van der Waals surface area contributed by atoms with Crippen LogP contribution in [0, 0.1) is 5.92 Å². The number of carbonyl (C=O) groups excluding carboxylic acids is 2. The summed E-state index contributed by atoms with van der Waals surface area (Å²) in [4.78, 5) is 26.3. The molecule has 0 aliphatic carbocycles. The third kappa shape index (κ3) is 7.49. The smallest absolute Gasteiger partial charge is 0.407 e. The molecule has 156 valence electrons. The van der Waals surface area contributed by atoms with Crippen LogP contribution in [0.15, 0.2) is 18.2 Å². The number of nitrogens with zero attached hydrogens (tertiary/aromatic N) is 1. The largest absolute Gasteiger partial charge is 0.444 e. The summed E-state index contributed by atoms with van der Waals surface area (Å²) in [6, 6.07) is 5.48. The lowest BCUT2D eigenvalue weighted by atomic mass is 9.96. The SMILES string of the molecule is CC(C)(C)OC(=O)NCCNC(=O)C1CCCN(Cc2c(Cl)cccc2Cl)C1. The van der Waals surface area contributed by atoms with Gasteiger partial charge in [0.2, 0.25) is 5.91 Å². The van der Waals surface area contributed by atoms with Gasteiger partial charge in [0.15, 0.2) is 0 Å². The van der Waals surface area contributed by atoms with Crippen LogP contribution in [-0.2, 0) is 16.1 Å². The van der Waals surface area contributed by atoms with Crippen molar-refractivity contribution in [3.63, 3.8) is 0 Å². The van der Waals surface area contributed by atoms with Crippen molar-refractivity contribution in [3.8, 4) is 0 Å². The van der Waals surface area contributed by atoms with Crippen LogP contribution < -0.4 is 10.6 Å². The van der Waals surface area contributed by atoms with Gasteiger partial charge >= 0.3 is 6.09 Å². The summed E-state index contributed by atoms with van der Waals surface area (Å²) in [6.07, 6.45) is 1.30. The fourth-order valence-electron chi connectivity index (χ4n) is 3.13. The second-order valence-electron chi connectivity index (χ2n) is 7.99. The zero-order chi connectivity index (χ0) is 20.7. The van der Waals surface area contributed by atoms with Gasteiger partial charge in [-0.05, 0) is 52.3 Å². The van der Waals surface area contributed by atoms with Crippen LogP contribution in [0.4, 0.5) is 4.79 Å². The number of piperidine rings is 1. The number of amides is 2. The van der Waals surface area contributed by atoms with Gasteiger partial charge in [0.25, 0.3) is 0 Å². The summed E-state index contributed by atoms with van der Waals surface area (Å²) in [6.45, 7) is 8.30. The normalized spacial score (nSPS) is 17.8. The summed E-state index contributed by atoms with van der Waals surface area (Å²) in [5.74, 6) is -0.0857. The molecule has 0 saturated carbocycles. The van der Waals surface area contributed by atoms with E-state index in [1.165, 1.54) is 0 Å². The van der Waals surface area contributed by atoms with Crippen molar-refractivity contribution in [2.24, 2.45) is 5.92 Å². The molecule has 1 heterocycles. The van der Waals surface area contributed by atoms with Crippen LogP contribution in [-0.4, -0.2) is 48.7 Å². The van der Waals surface area contributed by atoms with Gasteiger partial charge < -0.3 is 15.4 Å². The number of halogens is 2. The van der Waals surface area contributed by atoms with Crippen molar-refractivity contribution in [1.82, 2.24) is 15.5 Å². The number of nitrogens with one attached hydrogen (secondary N) is 2. The summed E-state index contributed by atoms with van der Waals surface area (Å²) in [5.41, 5.74) is 0.358. The van der Waals surface area contributed by atoms with Gasteiger partial charge in [-0.25, -0.2) is 4.79 Å². The van der Waals surface area contributed by atoms with Crippen LogP contribution in [0.25, 0.3) is 0 Å². The summed E-state index contributed by atoms with van der Waals surface area (Å²) >= 11 is 12.5. The Morgan fingerprint density at radius 2 is 1.82 bits per heavy atom. The Balaban J connectivity index is 1.76. The molecule has 0 bridgehead atoms. The number of carbonyl (C=O) groups is 2. The van der Waals surface area contributed by atoms with E-state index >= 15 is 0 Å². The number of benzene rings is 1. The Hall–Kier alpha value is -1.50. The second-order valence-corrected chi connectivity index (χ2v) is 8.81. The lowest BCUT2D eigenvalue weighted by molar-refractivity contribution is -0.126. The van der Waals surface area contributed by atoms with E-state index in [1.54, 1.807) is 20.8 Å². The number of hydrogen-bond donors (Lipinski definition) is 2. The van der Waals surface area contributed by atoms with Crippen LogP contribution in [0.1, 0.15) is 39.2 Å². The lowest BCUT2D eigenvalue weighted by Crippen LogP contribution is -2.44. The molecule has 1 saturated heterocycles. The quantitative estimate of drug-likeness (QED) is 0.673. The van der Waals surface area contributed by atoms with E-state index < -0.39 is 11.7 Å². The molecule has 1 aromatic carbocycles. The third-order valence-electron chi connectivity index (χ3n) is 4.41. The molecule has 2 N–H and O–H groups in total. The van der Waals surface area contributed by atoms with E-state index in [4.69, 9.17) is 27.9 Å². The predicted octanol–water partition coefficient (Wildman–Crippen LogP) is 3.85. The number of hydrogen-bond acceptors (Lipinski definition) is 4. The zero-order valence-electron chi connectivity index (χ0n) is 16.7. The minimum absolute atomic E-state index is 0.000874. The van der Waals surface area contributed by atoms with Crippen molar-refractivity contribution in [1.29, 1.82) is 0 Å². The van der Waals surface area contributed by atoms with E-state index in [0.717, 1.165) is 24.9 Å². The average molecular weight is 430 g/mol. The Bertz CT molecular complexity index is 672. The van der Waals surface area contributed by atoms with Crippen LogP contribution in [0.3, 0.4) is 0 Å². The number of ether oxygens (including phenoxy) is 1. The molecule has 8 heteroatoms. The number of rotatable bonds is 6. The number of alkyl carbamates (subject to hydrolysis) is 1. The molecule has 6 nitrogen and oxygen atoms in total. The Labute approximate surface area is 176 Å². The van der Waals surface area contributed by atoms with Crippen molar-refractivity contribution in [2.75, 3.05) is 26.2 Å². The first-order chi connectivity index (χ1) is 13.2. The maximum absolute atomic E-state index is 12.5. The lowest BCUT2D eigenvalue weighted by Gasteiger charge is -2.32. The van der Waals surface area contributed by atoms with Crippen LogP contribution >= 0.6 is 23.2 Å². The Kier molecular flexibility index (Phi) is 8.40. The summed E-state index contributed by atoms with van der Waals surface area (Å²) < 4.78 is 5.16. The van der Waals surface area contributed by atoms with Gasteiger partial charge in [-0.15, -0.1) is 0 Å². The van der Waals surface area contributed by atoms with E-state index in [1.807, 2.05) is 18.2 Å². The minimum atomic E-state index is -0.538. The highest BCUT2D eigenvalue weighted by atomic mass is 35.5. The summed E-state index contributed by atoms with van der Waals surface area (Å²) in [7, 11) is 0. The zero-order valence-corrected chi connectivity index (χ0v) is 18.2. The standard InChI is InChI=1S/C20H29Cl2N3O3/c1-20(2,3)28-19(27)24-10-9-23-18(26)14-6-5-11-25(12-14)13-15-16(21)7-4-8-17(15)22/h4,7-8,14H,5-6,9-13H2,1-3H3,(H,23,26)(H,24,27). The van der Waals surface area contributed by atoms with Gasteiger partial charge in [-0.2, -0.15) is 0 Å². The Morgan fingerprint density at radius 3 is 2.46 bits per heavy atom. The maximum atomic E-state index is 12.5. The topological polar surface area (TPSA) is 70.7 Å². The molecule has 0 spiro atoms. The van der Waals surface area contributed by atoms with Crippen LogP contribution in [0.2, 0.25) is 10.0 Å². The van der Waals surface area contributed by atoms with Gasteiger partial charge in [-0.1, -0.05) is 29.3 Å². The summed E-state index contributed by atoms with van der Waals surface area (Å²) in [5, 5.41) is 6.82. The Morgan fingerprint density at radius 1 is 1.18 bits per heavy atom. The third-order valence-corrected chi connectivity index (χ3v) is 5.12. The highest BCUT2D eigenvalue weighted by Gasteiger charge is 2.26. The van der Waals surface area contributed by atoms with Gasteiger partial charge in [-0.3, -0.25) is 9.69 Å². The second kappa shape index (κ2) is 10.3. The van der Waals surface area contributed by atoms with E-state index in [2.05, 4.69) is 15.5 Å². The van der Waals surface area contributed by atoms with Crippen molar-refractivity contribution in [3.05, 3.63) is 33.8 Å². The van der Waals surface area contributed by atoms with E-state index in [0.29, 0.717) is 36.2 Å². The minimum Gasteiger partial charge on any atom is -0.444 e.